The fourth-order valence-electron chi connectivity index (χ4n) is 2.41. The highest BCUT2D eigenvalue weighted by Crippen LogP contribution is 2.24. The van der Waals surface area contributed by atoms with E-state index in [0.29, 0.717) is 17.3 Å². The van der Waals surface area contributed by atoms with Crippen LogP contribution in [0.1, 0.15) is 24.2 Å². The number of para-hydroxylation sites is 1. The average Bonchev–Trinajstić information content (AvgIpc) is 2.63. The number of anilines is 1. The van der Waals surface area contributed by atoms with Gasteiger partial charge in [0.2, 0.25) is 0 Å². The highest BCUT2D eigenvalue weighted by molar-refractivity contribution is 6.31. The highest BCUT2D eigenvalue weighted by atomic mass is 35.5. The molecule has 0 radical (unpaired) electrons. The maximum Gasteiger partial charge on any atom is 0.342 e. The molecule has 0 aromatic heterocycles. The molecule has 0 fully saturated rings. The number of halogens is 1. The van der Waals surface area contributed by atoms with Crippen LogP contribution in [0.2, 0.25) is 5.02 Å². The summed E-state index contributed by atoms with van der Waals surface area (Å²) in [6, 6.07) is 13.9. The van der Waals surface area contributed by atoms with Gasteiger partial charge in [0.05, 0.1) is 7.11 Å². The molecule has 6 heteroatoms. The Morgan fingerprint density at radius 3 is 2.44 bits per heavy atom. The normalized spacial score (nSPS) is 11.5. The minimum absolute atomic E-state index is 0.178. The first kappa shape index (κ1) is 18.8. The van der Waals surface area contributed by atoms with Gasteiger partial charge in [-0.25, -0.2) is 4.79 Å². The monoisotopic (exact) mass is 361 g/mol. The van der Waals surface area contributed by atoms with Gasteiger partial charge in [-0.2, -0.15) is 0 Å². The van der Waals surface area contributed by atoms with Crippen molar-refractivity contribution in [1.82, 2.24) is 0 Å². The topological polar surface area (TPSA) is 55.8 Å². The number of benzene rings is 2. The van der Waals surface area contributed by atoms with E-state index in [-0.39, 0.29) is 11.5 Å². The number of esters is 1. The smallest absolute Gasteiger partial charge is 0.342 e. The van der Waals surface area contributed by atoms with Gasteiger partial charge in [-0.15, -0.1) is 0 Å². The Labute approximate surface area is 152 Å². The zero-order valence-corrected chi connectivity index (χ0v) is 15.1. The van der Waals surface area contributed by atoms with Crippen LogP contribution in [0.5, 0.6) is 5.75 Å². The van der Waals surface area contributed by atoms with Crippen LogP contribution in [0.3, 0.4) is 0 Å². The Morgan fingerprint density at radius 2 is 1.84 bits per heavy atom. The number of methoxy groups -OCH3 is 1. The third-order valence-corrected chi connectivity index (χ3v) is 3.90. The molecule has 0 aliphatic carbocycles. The van der Waals surface area contributed by atoms with Crippen molar-refractivity contribution in [3.63, 3.8) is 0 Å². The van der Waals surface area contributed by atoms with Gasteiger partial charge in [0.25, 0.3) is 5.91 Å². The van der Waals surface area contributed by atoms with Crippen molar-refractivity contribution in [2.24, 2.45) is 0 Å². The highest BCUT2D eigenvalue weighted by Gasteiger charge is 2.26. The van der Waals surface area contributed by atoms with E-state index < -0.39 is 12.1 Å². The Hall–Kier alpha value is -2.53. The predicted molar refractivity (Wildman–Crippen MR) is 97.4 cm³/mol. The Kier molecular flexibility index (Phi) is 6.42. The van der Waals surface area contributed by atoms with Gasteiger partial charge in [0.15, 0.2) is 6.10 Å². The number of ether oxygens (including phenoxy) is 2. The second kappa shape index (κ2) is 8.53. The molecule has 0 saturated heterocycles. The molecule has 0 heterocycles. The number of carbonyl (C=O) groups is 2. The Morgan fingerprint density at radius 1 is 1.16 bits per heavy atom. The summed E-state index contributed by atoms with van der Waals surface area (Å²) in [6.07, 6.45) is -0.948. The standard InChI is InChI=1S/C19H20ClNO4/c1-4-21(15-8-6-5-7-9-15)18(22)13(2)25-19(23)16-12-14(20)10-11-17(16)24-3/h5-13H,4H2,1-3H3/t13-/m1/s1. The fraction of sp³-hybridized carbons (Fsp3) is 0.263. The number of amides is 1. The largest absolute Gasteiger partial charge is 0.496 e. The minimum Gasteiger partial charge on any atom is -0.496 e. The first-order valence-corrected chi connectivity index (χ1v) is 8.26. The second-order valence-corrected chi connectivity index (χ2v) is 5.75. The van der Waals surface area contributed by atoms with Gasteiger partial charge >= 0.3 is 5.97 Å². The summed E-state index contributed by atoms with van der Waals surface area (Å²) in [7, 11) is 1.45. The van der Waals surface area contributed by atoms with Crippen LogP contribution < -0.4 is 9.64 Å². The van der Waals surface area contributed by atoms with Crippen molar-refractivity contribution in [1.29, 1.82) is 0 Å². The van der Waals surface area contributed by atoms with Crippen molar-refractivity contribution in [2.45, 2.75) is 20.0 Å². The summed E-state index contributed by atoms with van der Waals surface area (Å²) in [5.74, 6) is -0.628. The molecular formula is C19H20ClNO4. The molecule has 2 aromatic rings. The third-order valence-electron chi connectivity index (χ3n) is 3.66. The number of likely N-dealkylation sites (N-methyl/N-ethyl adjacent to an activating group) is 1. The van der Waals surface area contributed by atoms with Crippen molar-refractivity contribution in [3.8, 4) is 5.75 Å². The van der Waals surface area contributed by atoms with E-state index in [1.165, 1.54) is 13.2 Å². The molecule has 5 nitrogen and oxygen atoms in total. The van der Waals surface area contributed by atoms with Crippen LogP contribution in [0.4, 0.5) is 5.69 Å². The molecule has 132 valence electrons. The van der Waals surface area contributed by atoms with Gasteiger partial charge in [-0.1, -0.05) is 29.8 Å². The molecule has 25 heavy (non-hydrogen) atoms. The quantitative estimate of drug-likeness (QED) is 0.731. The zero-order chi connectivity index (χ0) is 18.4. The van der Waals surface area contributed by atoms with Crippen LogP contribution >= 0.6 is 11.6 Å². The predicted octanol–water partition coefficient (Wildman–Crippen LogP) is 3.95. The molecule has 0 unspecified atom stereocenters. The van der Waals surface area contributed by atoms with E-state index in [0.717, 1.165) is 5.69 Å². The molecule has 0 spiro atoms. The maximum absolute atomic E-state index is 12.7. The number of carbonyl (C=O) groups excluding carboxylic acids is 2. The fourth-order valence-corrected chi connectivity index (χ4v) is 2.58. The van der Waals surface area contributed by atoms with E-state index in [4.69, 9.17) is 21.1 Å². The molecule has 2 rings (SSSR count). The first-order chi connectivity index (χ1) is 12.0. The zero-order valence-electron chi connectivity index (χ0n) is 14.4. The lowest BCUT2D eigenvalue weighted by atomic mass is 10.2. The summed E-state index contributed by atoms with van der Waals surface area (Å²) >= 11 is 5.93. The third kappa shape index (κ3) is 4.51. The van der Waals surface area contributed by atoms with Crippen LogP contribution in [-0.4, -0.2) is 31.6 Å². The molecule has 0 saturated carbocycles. The summed E-state index contributed by atoms with van der Waals surface area (Å²) in [5, 5.41) is 0.381. The van der Waals surface area contributed by atoms with Gasteiger partial charge in [0, 0.05) is 17.3 Å². The van der Waals surface area contributed by atoms with E-state index >= 15 is 0 Å². The molecule has 0 aliphatic rings. The molecule has 1 amide bonds. The van der Waals surface area contributed by atoms with Crippen LogP contribution in [0.15, 0.2) is 48.5 Å². The number of nitrogens with zero attached hydrogens (tertiary/aromatic N) is 1. The number of hydrogen-bond donors (Lipinski definition) is 0. The first-order valence-electron chi connectivity index (χ1n) is 7.88. The SMILES string of the molecule is CCN(C(=O)[C@@H](C)OC(=O)c1cc(Cl)ccc1OC)c1ccccc1. The van der Waals surface area contributed by atoms with Crippen LogP contribution in [0.25, 0.3) is 0 Å². The lowest BCUT2D eigenvalue weighted by Crippen LogP contribution is -2.40. The molecular weight excluding hydrogens is 342 g/mol. The van der Waals surface area contributed by atoms with E-state index in [2.05, 4.69) is 0 Å². The van der Waals surface area contributed by atoms with Gasteiger partial charge in [-0.3, -0.25) is 4.79 Å². The van der Waals surface area contributed by atoms with Crippen LogP contribution in [-0.2, 0) is 9.53 Å². The van der Waals surface area contributed by atoms with Gasteiger partial charge in [-0.05, 0) is 44.2 Å². The summed E-state index contributed by atoms with van der Waals surface area (Å²) in [4.78, 5) is 26.6. The lowest BCUT2D eigenvalue weighted by Gasteiger charge is -2.24. The number of rotatable bonds is 6. The van der Waals surface area contributed by atoms with Crippen molar-refractivity contribution >= 4 is 29.2 Å². The minimum atomic E-state index is -0.948. The van der Waals surface area contributed by atoms with E-state index in [1.54, 1.807) is 24.0 Å². The molecule has 0 aliphatic heterocycles. The lowest BCUT2D eigenvalue weighted by molar-refractivity contribution is -0.126. The van der Waals surface area contributed by atoms with Crippen molar-refractivity contribution in [3.05, 3.63) is 59.1 Å². The van der Waals surface area contributed by atoms with Gasteiger partial charge < -0.3 is 14.4 Å². The Balaban J connectivity index is 2.15. The Bertz CT molecular complexity index is 748. The van der Waals surface area contributed by atoms with Crippen molar-refractivity contribution < 1.29 is 19.1 Å². The maximum atomic E-state index is 12.7. The number of hydrogen-bond acceptors (Lipinski definition) is 4. The summed E-state index contributed by atoms with van der Waals surface area (Å²) in [6.45, 7) is 3.87. The van der Waals surface area contributed by atoms with E-state index in [1.807, 2.05) is 37.3 Å². The van der Waals surface area contributed by atoms with Gasteiger partial charge in [0.1, 0.15) is 11.3 Å². The van der Waals surface area contributed by atoms with Crippen LogP contribution in [0, 0.1) is 0 Å². The van der Waals surface area contributed by atoms with Crippen molar-refractivity contribution in [2.75, 3.05) is 18.6 Å². The molecule has 0 N–H and O–H groups in total. The summed E-state index contributed by atoms with van der Waals surface area (Å²) in [5.41, 5.74) is 0.927. The second-order valence-electron chi connectivity index (χ2n) is 5.31. The average molecular weight is 362 g/mol. The molecule has 1 atom stereocenters. The van der Waals surface area contributed by atoms with E-state index in [9.17, 15) is 9.59 Å². The molecule has 0 bridgehead atoms. The summed E-state index contributed by atoms with van der Waals surface area (Å²) < 4.78 is 10.5. The molecule has 2 aromatic carbocycles.